The maximum absolute atomic E-state index is 12.9. The van der Waals surface area contributed by atoms with Crippen molar-refractivity contribution in [1.82, 2.24) is 4.57 Å². The van der Waals surface area contributed by atoms with Crippen molar-refractivity contribution in [2.24, 2.45) is 0 Å². The molecular formula is C25H33N3O4. The van der Waals surface area contributed by atoms with Crippen LogP contribution >= 0.6 is 0 Å². The van der Waals surface area contributed by atoms with Crippen molar-refractivity contribution in [3.8, 4) is 11.1 Å². The summed E-state index contributed by atoms with van der Waals surface area (Å²) in [4.78, 5) is 28.7. The van der Waals surface area contributed by atoms with E-state index in [1.165, 1.54) is 5.69 Å². The van der Waals surface area contributed by atoms with E-state index in [0.717, 1.165) is 42.9 Å². The third kappa shape index (κ3) is 4.26. The number of anilines is 2. The Labute approximate surface area is 189 Å². The van der Waals surface area contributed by atoms with Crippen LogP contribution in [0, 0.1) is 6.92 Å². The maximum Gasteiger partial charge on any atom is 0.414 e. The molecule has 1 fully saturated rings. The fourth-order valence-electron chi connectivity index (χ4n) is 4.83. The van der Waals surface area contributed by atoms with Gasteiger partial charge in [0.2, 0.25) is 5.91 Å². The Balaban J connectivity index is 1.74. The zero-order chi connectivity index (χ0) is 23.0. The molecule has 0 aliphatic carbocycles. The van der Waals surface area contributed by atoms with Gasteiger partial charge < -0.3 is 18.9 Å². The van der Waals surface area contributed by atoms with Crippen LogP contribution in [0.2, 0.25) is 0 Å². The van der Waals surface area contributed by atoms with Gasteiger partial charge in [0, 0.05) is 44.6 Å². The van der Waals surface area contributed by atoms with Gasteiger partial charge in [-0.1, -0.05) is 6.07 Å². The second kappa shape index (κ2) is 8.98. The summed E-state index contributed by atoms with van der Waals surface area (Å²) in [6.45, 7) is 11.3. The molecule has 0 spiro atoms. The van der Waals surface area contributed by atoms with E-state index in [-0.39, 0.29) is 24.1 Å². The summed E-state index contributed by atoms with van der Waals surface area (Å²) in [6.07, 6.45) is 3.62. The highest BCUT2D eigenvalue weighted by Crippen LogP contribution is 2.40. The van der Waals surface area contributed by atoms with Gasteiger partial charge in [-0.25, -0.2) is 4.79 Å². The van der Waals surface area contributed by atoms with Crippen LogP contribution in [0.4, 0.5) is 16.2 Å². The van der Waals surface area contributed by atoms with E-state index in [0.29, 0.717) is 18.3 Å². The smallest absolute Gasteiger partial charge is 0.414 e. The number of carbonyl (C=O) groups is 2. The SMILES string of the molecule is CC(=O)N1c2ccc(-c3cc(C)n(C4CCOCC4)c3)cc2N(C(=O)OC(C)C)C[C@@H]1C. The molecule has 2 aromatic rings. The normalized spacial score (nSPS) is 19.2. The molecule has 7 nitrogen and oxygen atoms in total. The Morgan fingerprint density at radius 1 is 1.09 bits per heavy atom. The quantitative estimate of drug-likeness (QED) is 0.681. The van der Waals surface area contributed by atoms with Crippen LogP contribution < -0.4 is 9.80 Å². The van der Waals surface area contributed by atoms with Crippen LogP contribution in [0.15, 0.2) is 30.5 Å². The molecule has 0 bridgehead atoms. The first kappa shape index (κ1) is 22.4. The van der Waals surface area contributed by atoms with E-state index >= 15 is 0 Å². The molecule has 1 aromatic carbocycles. The summed E-state index contributed by atoms with van der Waals surface area (Å²) in [5, 5.41) is 0. The highest BCUT2D eigenvalue weighted by atomic mass is 16.6. The van der Waals surface area contributed by atoms with Crippen LogP contribution in [0.5, 0.6) is 0 Å². The fraction of sp³-hybridized carbons (Fsp3) is 0.520. The van der Waals surface area contributed by atoms with E-state index in [4.69, 9.17) is 9.47 Å². The molecule has 1 saturated heterocycles. The summed E-state index contributed by atoms with van der Waals surface area (Å²) >= 11 is 0. The van der Waals surface area contributed by atoms with E-state index in [9.17, 15) is 9.59 Å². The van der Waals surface area contributed by atoms with Crippen molar-refractivity contribution in [2.75, 3.05) is 29.6 Å². The summed E-state index contributed by atoms with van der Waals surface area (Å²) in [6, 6.07) is 8.47. The Morgan fingerprint density at radius 3 is 2.47 bits per heavy atom. The molecule has 32 heavy (non-hydrogen) atoms. The number of benzene rings is 1. The minimum absolute atomic E-state index is 0.0371. The Hall–Kier alpha value is -2.80. The number of rotatable bonds is 3. The number of aryl methyl sites for hydroxylation is 1. The first-order chi connectivity index (χ1) is 15.3. The molecule has 0 radical (unpaired) electrons. The van der Waals surface area contributed by atoms with Gasteiger partial charge in [-0.15, -0.1) is 0 Å². The van der Waals surface area contributed by atoms with E-state index in [1.807, 2.05) is 39.0 Å². The van der Waals surface area contributed by atoms with Crippen LogP contribution in [-0.2, 0) is 14.3 Å². The van der Waals surface area contributed by atoms with Crippen LogP contribution in [-0.4, -0.2) is 48.5 Å². The number of carbonyl (C=O) groups excluding carboxylic acids is 2. The minimum Gasteiger partial charge on any atom is -0.446 e. The van der Waals surface area contributed by atoms with Crippen LogP contribution in [0.1, 0.15) is 52.3 Å². The van der Waals surface area contributed by atoms with Crippen LogP contribution in [0.3, 0.4) is 0 Å². The number of amides is 2. The lowest BCUT2D eigenvalue weighted by Gasteiger charge is -2.40. The monoisotopic (exact) mass is 439 g/mol. The van der Waals surface area contributed by atoms with Crippen molar-refractivity contribution in [3.63, 3.8) is 0 Å². The molecule has 172 valence electrons. The first-order valence-electron chi connectivity index (χ1n) is 11.4. The van der Waals surface area contributed by atoms with E-state index in [2.05, 4.69) is 23.8 Å². The Morgan fingerprint density at radius 2 is 1.81 bits per heavy atom. The molecule has 2 amide bonds. The molecule has 1 atom stereocenters. The fourth-order valence-corrected chi connectivity index (χ4v) is 4.83. The Bertz CT molecular complexity index is 1010. The largest absolute Gasteiger partial charge is 0.446 e. The van der Waals surface area contributed by atoms with E-state index in [1.54, 1.807) is 16.7 Å². The summed E-state index contributed by atoms with van der Waals surface area (Å²) in [5.41, 5.74) is 4.76. The average molecular weight is 440 g/mol. The minimum atomic E-state index is -0.385. The number of fused-ring (bicyclic) bond motifs is 1. The molecule has 0 saturated carbocycles. The number of nitrogens with zero attached hydrogens (tertiary/aromatic N) is 3. The molecule has 2 aliphatic rings. The van der Waals surface area contributed by atoms with Gasteiger partial charge in [0.15, 0.2) is 0 Å². The third-order valence-electron chi connectivity index (χ3n) is 6.28. The standard InChI is InChI=1S/C25H33N3O4/c1-16(2)32-25(30)27-14-18(4)28(19(5)29)23-7-6-20(13-24(23)27)21-12-17(3)26(15-21)22-8-10-31-11-9-22/h6-7,12-13,15-16,18,22H,8-11,14H2,1-5H3/t18-/m0/s1. The first-order valence-corrected chi connectivity index (χ1v) is 11.4. The van der Waals surface area contributed by atoms with Crippen molar-refractivity contribution < 1.29 is 19.1 Å². The highest BCUT2D eigenvalue weighted by Gasteiger charge is 2.35. The van der Waals surface area contributed by atoms with Crippen molar-refractivity contribution in [3.05, 3.63) is 36.2 Å². The Kier molecular flexibility index (Phi) is 6.29. The summed E-state index contributed by atoms with van der Waals surface area (Å²) in [5.74, 6) is -0.0371. The molecule has 1 aromatic heterocycles. The maximum atomic E-state index is 12.9. The predicted octanol–water partition coefficient (Wildman–Crippen LogP) is 4.92. The van der Waals surface area contributed by atoms with Crippen molar-refractivity contribution >= 4 is 23.4 Å². The lowest BCUT2D eigenvalue weighted by Crippen LogP contribution is -2.51. The highest BCUT2D eigenvalue weighted by molar-refractivity contribution is 6.03. The average Bonchev–Trinajstić information content (AvgIpc) is 3.14. The van der Waals surface area contributed by atoms with Crippen molar-refractivity contribution in [2.45, 2.75) is 65.6 Å². The number of hydrogen-bond donors (Lipinski definition) is 0. The van der Waals surface area contributed by atoms with Gasteiger partial charge >= 0.3 is 6.09 Å². The van der Waals surface area contributed by atoms with Gasteiger partial charge in [-0.3, -0.25) is 9.69 Å². The van der Waals surface area contributed by atoms with Crippen molar-refractivity contribution in [1.29, 1.82) is 0 Å². The second-order valence-corrected chi connectivity index (χ2v) is 9.11. The number of ether oxygens (including phenoxy) is 2. The molecule has 0 N–H and O–H groups in total. The van der Waals surface area contributed by atoms with Gasteiger partial charge in [0.05, 0.1) is 23.5 Å². The van der Waals surface area contributed by atoms with Gasteiger partial charge in [0.1, 0.15) is 0 Å². The topological polar surface area (TPSA) is 64.0 Å². The zero-order valence-electron chi connectivity index (χ0n) is 19.6. The lowest BCUT2D eigenvalue weighted by atomic mass is 10.0. The molecule has 4 rings (SSSR count). The summed E-state index contributed by atoms with van der Waals surface area (Å²) < 4.78 is 13.4. The van der Waals surface area contributed by atoms with Crippen LogP contribution in [0.25, 0.3) is 11.1 Å². The third-order valence-corrected chi connectivity index (χ3v) is 6.28. The molecule has 0 unspecified atom stereocenters. The molecular weight excluding hydrogens is 406 g/mol. The van der Waals surface area contributed by atoms with E-state index < -0.39 is 0 Å². The number of hydrogen-bond acceptors (Lipinski definition) is 4. The number of aromatic nitrogens is 1. The zero-order valence-corrected chi connectivity index (χ0v) is 19.6. The summed E-state index contributed by atoms with van der Waals surface area (Å²) in [7, 11) is 0. The predicted molar refractivity (Wildman–Crippen MR) is 125 cm³/mol. The van der Waals surface area contributed by atoms with Gasteiger partial charge in [-0.2, -0.15) is 0 Å². The van der Waals surface area contributed by atoms with Gasteiger partial charge in [0.25, 0.3) is 0 Å². The molecule has 3 heterocycles. The lowest BCUT2D eigenvalue weighted by molar-refractivity contribution is -0.117. The molecule has 2 aliphatic heterocycles. The van der Waals surface area contributed by atoms with Gasteiger partial charge in [-0.05, 0) is 69.9 Å². The molecule has 7 heteroatoms. The second-order valence-electron chi connectivity index (χ2n) is 9.11.